The first-order valence-electron chi connectivity index (χ1n) is 9.34. The summed E-state index contributed by atoms with van der Waals surface area (Å²) in [5.41, 5.74) is 2.73. The molecule has 3 aromatic rings. The van der Waals surface area contributed by atoms with E-state index in [1.165, 1.54) is 0 Å². The van der Waals surface area contributed by atoms with Gasteiger partial charge in [-0.2, -0.15) is 5.10 Å². The molecule has 0 atom stereocenters. The average molecular weight is 364 g/mol. The van der Waals surface area contributed by atoms with Crippen LogP contribution >= 0.6 is 0 Å². The van der Waals surface area contributed by atoms with E-state index in [9.17, 15) is 4.79 Å². The quantitative estimate of drug-likeness (QED) is 0.699. The van der Waals surface area contributed by atoms with Gasteiger partial charge in [-0.25, -0.2) is 14.6 Å². The first-order valence-corrected chi connectivity index (χ1v) is 9.34. The molecule has 0 bridgehead atoms. The van der Waals surface area contributed by atoms with Gasteiger partial charge in [-0.1, -0.05) is 18.2 Å². The zero-order valence-electron chi connectivity index (χ0n) is 16.0. The highest BCUT2D eigenvalue weighted by atomic mass is 16.2. The Hall–Kier alpha value is -2.96. The maximum absolute atomic E-state index is 11.7. The van der Waals surface area contributed by atoms with Gasteiger partial charge in [-0.3, -0.25) is 4.79 Å². The zero-order chi connectivity index (χ0) is 19.0. The van der Waals surface area contributed by atoms with Crippen molar-refractivity contribution in [3.8, 4) is 5.69 Å². The molecule has 0 radical (unpaired) electrons. The highest BCUT2D eigenvalue weighted by Gasteiger charge is 2.23. The standard InChI is InChI=1S/C20H24N6O/c1-14-18-19(25-11-7-10-24(12-13-25)16(3)27)21-15(2)22-20(18)26(23-14)17-8-5-4-6-9-17/h4-6,8-9H,7,10-13H2,1-3H3. The normalized spacial score (nSPS) is 15.2. The number of carbonyl (C=O) groups excluding carboxylic acids is 1. The van der Waals surface area contributed by atoms with Gasteiger partial charge >= 0.3 is 0 Å². The molecule has 1 aliphatic rings. The lowest BCUT2D eigenvalue weighted by molar-refractivity contribution is -0.128. The van der Waals surface area contributed by atoms with Crippen LogP contribution in [0.25, 0.3) is 16.7 Å². The van der Waals surface area contributed by atoms with E-state index >= 15 is 0 Å². The Morgan fingerprint density at radius 1 is 1.00 bits per heavy atom. The Balaban J connectivity index is 1.80. The minimum absolute atomic E-state index is 0.133. The summed E-state index contributed by atoms with van der Waals surface area (Å²) in [6, 6.07) is 10.0. The van der Waals surface area contributed by atoms with Crippen molar-refractivity contribution in [3.05, 3.63) is 41.9 Å². The molecule has 1 fully saturated rings. The number of para-hydroxylation sites is 1. The average Bonchev–Trinajstić information content (AvgIpc) is 2.84. The van der Waals surface area contributed by atoms with Crippen molar-refractivity contribution in [2.45, 2.75) is 27.2 Å². The lowest BCUT2D eigenvalue weighted by atomic mass is 10.2. The number of benzene rings is 1. The Bertz CT molecular complexity index is 981. The minimum atomic E-state index is 0.133. The van der Waals surface area contributed by atoms with Crippen molar-refractivity contribution < 1.29 is 4.79 Å². The molecule has 7 heteroatoms. The maximum Gasteiger partial charge on any atom is 0.219 e. The van der Waals surface area contributed by atoms with Crippen LogP contribution in [-0.4, -0.2) is 56.7 Å². The predicted octanol–water partition coefficient (Wildman–Crippen LogP) is 2.49. The number of fused-ring (bicyclic) bond motifs is 1. The molecule has 1 aromatic carbocycles. The van der Waals surface area contributed by atoms with Crippen LogP contribution in [0.4, 0.5) is 5.82 Å². The van der Waals surface area contributed by atoms with Crippen LogP contribution in [0.2, 0.25) is 0 Å². The second-order valence-corrected chi connectivity index (χ2v) is 6.97. The number of nitrogens with zero attached hydrogens (tertiary/aromatic N) is 6. The number of carbonyl (C=O) groups is 1. The minimum Gasteiger partial charge on any atom is -0.354 e. The third-order valence-electron chi connectivity index (χ3n) is 5.04. The van der Waals surface area contributed by atoms with Gasteiger partial charge in [0.2, 0.25) is 5.91 Å². The van der Waals surface area contributed by atoms with Gasteiger partial charge in [0.05, 0.1) is 16.8 Å². The van der Waals surface area contributed by atoms with E-state index in [2.05, 4.69) is 4.90 Å². The first-order chi connectivity index (χ1) is 13.0. The Labute approximate surface area is 158 Å². The van der Waals surface area contributed by atoms with E-state index in [0.29, 0.717) is 6.54 Å². The third-order valence-corrected chi connectivity index (χ3v) is 5.04. The van der Waals surface area contributed by atoms with E-state index < -0.39 is 0 Å². The number of rotatable bonds is 2. The zero-order valence-corrected chi connectivity index (χ0v) is 16.0. The number of hydrogen-bond acceptors (Lipinski definition) is 5. The second kappa shape index (κ2) is 6.98. The fraction of sp³-hybridized carbons (Fsp3) is 0.400. The summed E-state index contributed by atoms with van der Waals surface area (Å²) in [6.07, 6.45) is 0.927. The summed E-state index contributed by atoms with van der Waals surface area (Å²) < 4.78 is 1.89. The molecule has 0 N–H and O–H groups in total. The monoisotopic (exact) mass is 364 g/mol. The molecule has 140 valence electrons. The van der Waals surface area contributed by atoms with Crippen molar-refractivity contribution in [1.82, 2.24) is 24.6 Å². The highest BCUT2D eigenvalue weighted by molar-refractivity contribution is 5.91. The lowest BCUT2D eigenvalue weighted by Gasteiger charge is -2.23. The van der Waals surface area contributed by atoms with Gasteiger partial charge < -0.3 is 9.80 Å². The molecule has 3 heterocycles. The van der Waals surface area contributed by atoms with Crippen molar-refractivity contribution >= 4 is 22.8 Å². The van der Waals surface area contributed by atoms with Gasteiger partial charge in [0.1, 0.15) is 11.6 Å². The van der Waals surface area contributed by atoms with E-state index in [4.69, 9.17) is 15.1 Å². The number of anilines is 1. The Morgan fingerprint density at radius 2 is 1.78 bits per heavy atom. The summed E-state index contributed by atoms with van der Waals surface area (Å²) in [4.78, 5) is 25.4. The van der Waals surface area contributed by atoms with Crippen molar-refractivity contribution in [1.29, 1.82) is 0 Å². The molecular formula is C20H24N6O. The first kappa shape index (κ1) is 17.5. The van der Waals surface area contributed by atoms with E-state index in [1.807, 2.05) is 53.8 Å². The number of aryl methyl sites for hydroxylation is 2. The largest absolute Gasteiger partial charge is 0.354 e. The molecule has 0 saturated carbocycles. The number of aromatic nitrogens is 4. The van der Waals surface area contributed by atoms with E-state index in [-0.39, 0.29) is 5.91 Å². The summed E-state index contributed by atoms with van der Waals surface area (Å²) >= 11 is 0. The fourth-order valence-electron chi connectivity index (χ4n) is 3.69. The van der Waals surface area contributed by atoms with Gasteiger partial charge in [-0.15, -0.1) is 0 Å². The van der Waals surface area contributed by atoms with Crippen molar-refractivity contribution in [2.75, 3.05) is 31.1 Å². The van der Waals surface area contributed by atoms with Gasteiger partial charge in [0, 0.05) is 33.1 Å². The summed E-state index contributed by atoms with van der Waals surface area (Å²) in [7, 11) is 0. The molecule has 1 saturated heterocycles. The molecule has 7 nitrogen and oxygen atoms in total. The third kappa shape index (κ3) is 3.25. The van der Waals surface area contributed by atoms with Crippen LogP contribution in [0.15, 0.2) is 30.3 Å². The molecule has 4 rings (SSSR count). The molecule has 0 unspecified atom stereocenters. The lowest BCUT2D eigenvalue weighted by Crippen LogP contribution is -2.34. The van der Waals surface area contributed by atoms with Crippen LogP contribution in [0.1, 0.15) is 24.9 Å². The van der Waals surface area contributed by atoms with Gasteiger partial charge in [0.25, 0.3) is 0 Å². The topological polar surface area (TPSA) is 67.2 Å². The molecule has 1 amide bonds. The number of hydrogen-bond donors (Lipinski definition) is 0. The van der Waals surface area contributed by atoms with Crippen LogP contribution in [-0.2, 0) is 4.79 Å². The predicted molar refractivity (Wildman–Crippen MR) is 105 cm³/mol. The van der Waals surface area contributed by atoms with Crippen LogP contribution in [0.3, 0.4) is 0 Å². The van der Waals surface area contributed by atoms with Gasteiger partial charge in [0.15, 0.2) is 5.65 Å². The smallest absolute Gasteiger partial charge is 0.219 e. The van der Waals surface area contributed by atoms with E-state index in [0.717, 1.165) is 60.1 Å². The maximum atomic E-state index is 11.7. The summed E-state index contributed by atoms with van der Waals surface area (Å²) in [5.74, 6) is 1.78. The van der Waals surface area contributed by atoms with Crippen LogP contribution in [0, 0.1) is 13.8 Å². The number of amides is 1. The molecular weight excluding hydrogens is 340 g/mol. The summed E-state index contributed by atoms with van der Waals surface area (Å²) in [5, 5.41) is 5.73. The summed E-state index contributed by atoms with van der Waals surface area (Å²) in [6.45, 7) is 8.69. The Kier molecular flexibility index (Phi) is 4.51. The van der Waals surface area contributed by atoms with Crippen LogP contribution in [0.5, 0.6) is 0 Å². The Morgan fingerprint density at radius 3 is 2.52 bits per heavy atom. The molecule has 2 aromatic heterocycles. The second-order valence-electron chi connectivity index (χ2n) is 6.97. The SMILES string of the molecule is CC(=O)N1CCCN(c2nc(C)nc3c2c(C)nn3-c2ccccc2)CC1. The van der Waals surface area contributed by atoms with Crippen LogP contribution < -0.4 is 4.90 Å². The molecule has 1 aliphatic heterocycles. The highest BCUT2D eigenvalue weighted by Crippen LogP contribution is 2.29. The molecule has 0 spiro atoms. The van der Waals surface area contributed by atoms with Crippen molar-refractivity contribution in [3.63, 3.8) is 0 Å². The molecule has 0 aliphatic carbocycles. The fourth-order valence-corrected chi connectivity index (χ4v) is 3.69. The van der Waals surface area contributed by atoms with E-state index in [1.54, 1.807) is 6.92 Å². The van der Waals surface area contributed by atoms with Crippen molar-refractivity contribution in [2.24, 2.45) is 0 Å². The van der Waals surface area contributed by atoms with Gasteiger partial charge in [-0.05, 0) is 32.4 Å². The molecule has 27 heavy (non-hydrogen) atoms.